The summed E-state index contributed by atoms with van der Waals surface area (Å²) in [5.74, 6) is 0. The van der Waals surface area contributed by atoms with Crippen molar-refractivity contribution in [2.45, 2.75) is 40.3 Å². The fraction of sp³-hybridized carbons (Fsp3) is 0.429. The monoisotopic (exact) mass is 274 g/mol. The minimum atomic E-state index is 0.362. The molecule has 0 aliphatic carbocycles. The molecule has 0 aliphatic heterocycles. The number of nitriles is 1. The summed E-state index contributed by atoms with van der Waals surface area (Å²) in [6, 6.07) is 6.38. The van der Waals surface area contributed by atoms with E-state index in [9.17, 15) is 0 Å². The first-order chi connectivity index (χ1) is 9.02. The molecular formula is C14H18N4S. The van der Waals surface area contributed by atoms with Gasteiger partial charge in [0.1, 0.15) is 10.9 Å². The van der Waals surface area contributed by atoms with Crippen LogP contribution in [-0.4, -0.2) is 9.78 Å². The second kappa shape index (κ2) is 5.45. The number of nitrogens with zero attached hydrogens (tertiary/aromatic N) is 3. The van der Waals surface area contributed by atoms with Crippen molar-refractivity contribution in [1.29, 1.82) is 5.26 Å². The molecule has 4 nitrogen and oxygen atoms in total. The molecule has 19 heavy (non-hydrogen) atoms. The maximum atomic E-state index is 8.82. The van der Waals surface area contributed by atoms with E-state index in [0.29, 0.717) is 6.04 Å². The third kappa shape index (κ3) is 2.79. The molecule has 0 fully saturated rings. The largest absolute Gasteiger partial charge is 0.377 e. The van der Waals surface area contributed by atoms with Gasteiger partial charge in [0, 0.05) is 17.5 Å². The topological polar surface area (TPSA) is 53.6 Å². The first-order valence-corrected chi connectivity index (χ1v) is 7.13. The molecule has 0 spiro atoms. The summed E-state index contributed by atoms with van der Waals surface area (Å²) in [6.07, 6.45) is 0. The number of aromatic nitrogens is 2. The van der Waals surface area contributed by atoms with Gasteiger partial charge in [-0.25, -0.2) is 0 Å². The number of hydrogen-bond donors (Lipinski definition) is 1. The van der Waals surface area contributed by atoms with Crippen LogP contribution in [0.3, 0.4) is 0 Å². The van der Waals surface area contributed by atoms with Crippen LogP contribution >= 0.6 is 11.3 Å². The molecule has 0 saturated carbocycles. The lowest BCUT2D eigenvalue weighted by Gasteiger charge is -2.09. The van der Waals surface area contributed by atoms with Gasteiger partial charge >= 0.3 is 0 Å². The molecule has 2 aromatic heterocycles. The predicted molar refractivity (Wildman–Crippen MR) is 78.4 cm³/mol. The summed E-state index contributed by atoms with van der Waals surface area (Å²) in [4.78, 5) is 1.91. The van der Waals surface area contributed by atoms with Gasteiger partial charge in [0.2, 0.25) is 0 Å². The van der Waals surface area contributed by atoms with Crippen molar-refractivity contribution in [3.63, 3.8) is 0 Å². The third-order valence-electron chi connectivity index (χ3n) is 3.03. The van der Waals surface area contributed by atoms with E-state index in [0.717, 1.165) is 33.4 Å². The molecule has 2 heterocycles. The molecule has 5 heteroatoms. The second-order valence-corrected chi connectivity index (χ2v) is 5.98. The molecule has 0 radical (unpaired) electrons. The molecule has 0 saturated heterocycles. The normalized spacial score (nSPS) is 10.7. The highest BCUT2D eigenvalue weighted by Crippen LogP contribution is 2.24. The summed E-state index contributed by atoms with van der Waals surface area (Å²) in [7, 11) is 0. The number of thiophene rings is 1. The Morgan fingerprint density at radius 3 is 2.68 bits per heavy atom. The molecule has 1 N–H and O–H groups in total. The van der Waals surface area contributed by atoms with E-state index in [1.807, 2.05) is 23.7 Å². The van der Waals surface area contributed by atoms with Crippen molar-refractivity contribution in [2.24, 2.45) is 0 Å². The number of rotatable bonds is 4. The van der Waals surface area contributed by atoms with Crippen molar-refractivity contribution in [2.75, 3.05) is 5.32 Å². The predicted octanol–water partition coefficient (Wildman–Crippen LogP) is 3.63. The van der Waals surface area contributed by atoms with Gasteiger partial charge in [-0.1, -0.05) is 0 Å². The summed E-state index contributed by atoms with van der Waals surface area (Å²) >= 11 is 1.53. The highest BCUT2D eigenvalue weighted by Gasteiger charge is 2.13. The van der Waals surface area contributed by atoms with Crippen LogP contribution in [0.1, 0.15) is 41.0 Å². The Morgan fingerprint density at radius 1 is 1.42 bits per heavy atom. The van der Waals surface area contributed by atoms with Crippen LogP contribution in [0.2, 0.25) is 0 Å². The molecule has 0 atom stereocenters. The van der Waals surface area contributed by atoms with Crippen LogP contribution in [0, 0.1) is 25.2 Å². The van der Waals surface area contributed by atoms with Gasteiger partial charge in [-0.2, -0.15) is 10.4 Å². The van der Waals surface area contributed by atoms with Gasteiger partial charge in [-0.3, -0.25) is 4.68 Å². The Kier molecular flexibility index (Phi) is 3.91. The zero-order chi connectivity index (χ0) is 14.0. The summed E-state index contributed by atoms with van der Waals surface area (Å²) < 4.78 is 2.03. The van der Waals surface area contributed by atoms with E-state index in [2.05, 4.69) is 37.3 Å². The number of hydrogen-bond acceptors (Lipinski definition) is 4. The van der Waals surface area contributed by atoms with Crippen LogP contribution < -0.4 is 5.32 Å². The average Bonchev–Trinajstić information content (AvgIpc) is 2.93. The highest BCUT2D eigenvalue weighted by atomic mass is 32.1. The number of nitrogens with one attached hydrogen (secondary N) is 1. The van der Waals surface area contributed by atoms with Crippen LogP contribution in [0.4, 0.5) is 5.69 Å². The molecule has 0 aliphatic rings. The SMILES string of the molecule is Cc1nn(C(C)C)c(C)c1NCc1ccc(C#N)s1. The van der Waals surface area contributed by atoms with Gasteiger partial charge in [0.15, 0.2) is 0 Å². The van der Waals surface area contributed by atoms with Crippen LogP contribution in [0.25, 0.3) is 0 Å². The Morgan fingerprint density at radius 2 is 2.16 bits per heavy atom. The van der Waals surface area contributed by atoms with Gasteiger partial charge in [-0.05, 0) is 39.8 Å². The zero-order valence-corrected chi connectivity index (χ0v) is 12.5. The van der Waals surface area contributed by atoms with Crippen molar-refractivity contribution in [3.05, 3.63) is 33.3 Å². The lowest BCUT2D eigenvalue weighted by Crippen LogP contribution is -2.05. The second-order valence-electron chi connectivity index (χ2n) is 4.82. The van der Waals surface area contributed by atoms with E-state index in [4.69, 9.17) is 5.26 Å². The van der Waals surface area contributed by atoms with Gasteiger partial charge in [0.05, 0.1) is 17.1 Å². The average molecular weight is 274 g/mol. The minimum Gasteiger partial charge on any atom is -0.377 e. The molecule has 2 rings (SSSR count). The third-order valence-corrected chi connectivity index (χ3v) is 4.02. The smallest absolute Gasteiger partial charge is 0.110 e. The Balaban J connectivity index is 2.14. The van der Waals surface area contributed by atoms with Crippen molar-refractivity contribution in [3.8, 4) is 6.07 Å². The fourth-order valence-corrected chi connectivity index (χ4v) is 2.87. The number of anilines is 1. The summed E-state index contributed by atoms with van der Waals surface area (Å²) in [6.45, 7) is 9.09. The summed E-state index contributed by atoms with van der Waals surface area (Å²) in [5, 5.41) is 16.8. The lowest BCUT2D eigenvalue weighted by atomic mass is 10.3. The Labute approximate surface area is 117 Å². The lowest BCUT2D eigenvalue weighted by molar-refractivity contribution is 0.516. The van der Waals surface area contributed by atoms with Crippen LogP contribution in [0.5, 0.6) is 0 Å². The minimum absolute atomic E-state index is 0.362. The van der Waals surface area contributed by atoms with E-state index in [1.165, 1.54) is 11.3 Å². The van der Waals surface area contributed by atoms with Crippen LogP contribution in [-0.2, 0) is 6.54 Å². The molecular weight excluding hydrogens is 256 g/mol. The first-order valence-electron chi connectivity index (χ1n) is 6.31. The van der Waals surface area contributed by atoms with Gasteiger partial charge in [-0.15, -0.1) is 11.3 Å². The van der Waals surface area contributed by atoms with Crippen molar-refractivity contribution in [1.82, 2.24) is 9.78 Å². The molecule has 0 amide bonds. The van der Waals surface area contributed by atoms with E-state index >= 15 is 0 Å². The molecule has 2 aromatic rings. The maximum absolute atomic E-state index is 8.82. The van der Waals surface area contributed by atoms with E-state index in [-0.39, 0.29) is 0 Å². The molecule has 0 bridgehead atoms. The quantitative estimate of drug-likeness (QED) is 0.926. The molecule has 0 unspecified atom stereocenters. The van der Waals surface area contributed by atoms with Gasteiger partial charge < -0.3 is 5.32 Å². The van der Waals surface area contributed by atoms with Gasteiger partial charge in [0.25, 0.3) is 0 Å². The van der Waals surface area contributed by atoms with E-state index in [1.54, 1.807) is 0 Å². The van der Waals surface area contributed by atoms with Crippen molar-refractivity contribution >= 4 is 17.0 Å². The number of aryl methyl sites for hydroxylation is 1. The van der Waals surface area contributed by atoms with Crippen LogP contribution in [0.15, 0.2) is 12.1 Å². The highest BCUT2D eigenvalue weighted by molar-refractivity contribution is 7.12. The maximum Gasteiger partial charge on any atom is 0.110 e. The Bertz CT molecular complexity index is 616. The first kappa shape index (κ1) is 13.6. The Hall–Kier alpha value is -1.80. The zero-order valence-electron chi connectivity index (χ0n) is 11.7. The van der Waals surface area contributed by atoms with E-state index < -0.39 is 0 Å². The summed E-state index contributed by atoms with van der Waals surface area (Å²) in [5.41, 5.74) is 3.27. The molecule has 0 aromatic carbocycles. The fourth-order valence-electron chi connectivity index (χ4n) is 2.13. The van der Waals surface area contributed by atoms with Crippen molar-refractivity contribution < 1.29 is 0 Å². The standard InChI is InChI=1S/C14H18N4S/c1-9(2)18-11(4)14(10(3)17-18)16-8-13-6-5-12(7-15)19-13/h5-6,9,16H,8H2,1-4H3. The molecule has 100 valence electrons.